The summed E-state index contributed by atoms with van der Waals surface area (Å²) in [6.07, 6.45) is -0.657. The molecule has 102 valence electrons. The van der Waals surface area contributed by atoms with E-state index in [4.69, 9.17) is 10.9 Å². The van der Waals surface area contributed by atoms with Crippen LogP contribution in [0.15, 0.2) is 6.33 Å². The SMILES string of the molecule is Nc1ncnc2nn([C@@H]3C[C@H](NO)[C@@H](O)[C@H]3O)nc12. The minimum atomic E-state index is -1.10. The van der Waals surface area contributed by atoms with E-state index in [9.17, 15) is 10.2 Å². The molecule has 1 saturated carbocycles. The Labute approximate surface area is 106 Å². The molecule has 0 spiro atoms. The van der Waals surface area contributed by atoms with Crippen LogP contribution in [0.5, 0.6) is 0 Å². The third-order valence-corrected chi connectivity index (χ3v) is 3.35. The van der Waals surface area contributed by atoms with Crippen LogP contribution in [-0.2, 0) is 0 Å². The van der Waals surface area contributed by atoms with E-state index in [0.717, 1.165) is 0 Å². The average molecular weight is 267 g/mol. The monoisotopic (exact) mass is 267 g/mol. The summed E-state index contributed by atoms with van der Waals surface area (Å²) in [5.41, 5.74) is 8.26. The lowest BCUT2D eigenvalue weighted by Crippen LogP contribution is -2.38. The Morgan fingerprint density at radius 3 is 2.68 bits per heavy atom. The van der Waals surface area contributed by atoms with Crippen LogP contribution in [-0.4, -0.2) is 58.6 Å². The second-order valence-corrected chi connectivity index (χ2v) is 4.47. The number of hydroxylamine groups is 1. The second kappa shape index (κ2) is 4.35. The first-order chi connectivity index (χ1) is 9.11. The molecule has 3 rings (SSSR count). The van der Waals surface area contributed by atoms with Crippen molar-refractivity contribution in [3.63, 3.8) is 0 Å². The van der Waals surface area contributed by atoms with E-state index in [2.05, 4.69) is 20.2 Å². The number of aromatic nitrogens is 5. The van der Waals surface area contributed by atoms with Gasteiger partial charge in [-0.05, 0) is 6.42 Å². The summed E-state index contributed by atoms with van der Waals surface area (Å²) in [7, 11) is 0. The van der Waals surface area contributed by atoms with Crippen molar-refractivity contribution in [2.24, 2.45) is 0 Å². The van der Waals surface area contributed by atoms with Gasteiger partial charge in [0.05, 0.1) is 12.1 Å². The molecule has 0 amide bonds. The van der Waals surface area contributed by atoms with Crippen LogP contribution in [0.25, 0.3) is 11.2 Å². The molecule has 0 aromatic carbocycles. The molecule has 4 atom stereocenters. The fourth-order valence-electron chi connectivity index (χ4n) is 2.29. The number of nitrogens with zero attached hydrogens (tertiary/aromatic N) is 5. The molecule has 1 fully saturated rings. The molecule has 0 unspecified atom stereocenters. The van der Waals surface area contributed by atoms with E-state index in [1.54, 1.807) is 0 Å². The molecule has 6 N–H and O–H groups in total. The van der Waals surface area contributed by atoms with Gasteiger partial charge in [-0.25, -0.2) is 9.97 Å². The van der Waals surface area contributed by atoms with Crippen molar-refractivity contribution in [1.82, 2.24) is 30.4 Å². The summed E-state index contributed by atoms with van der Waals surface area (Å²) in [5.74, 6) is 0.195. The van der Waals surface area contributed by atoms with Gasteiger partial charge in [-0.3, -0.25) is 0 Å². The Balaban J connectivity index is 1.99. The normalized spacial score (nSPS) is 31.1. The molecular formula is C9H13N7O3. The van der Waals surface area contributed by atoms with Crippen LogP contribution in [0.2, 0.25) is 0 Å². The molecule has 2 aromatic heterocycles. The first kappa shape index (κ1) is 12.2. The fourth-order valence-corrected chi connectivity index (χ4v) is 2.29. The third kappa shape index (κ3) is 1.81. The zero-order valence-corrected chi connectivity index (χ0v) is 9.75. The number of nitrogens with two attached hydrogens (primary N) is 1. The molecule has 2 heterocycles. The summed E-state index contributed by atoms with van der Waals surface area (Å²) in [6.45, 7) is 0. The topological polar surface area (TPSA) is 155 Å². The first-order valence-electron chi connectivity index (χ1n) is 5.70. The summed E-state index contributed by atoms with van der Waals surface area (Å²) in [4.78, 5) is 8.97. The van der Waals surface area contributed by atoms with Gasteiger partial charge in [0.2, 0.25) is 5.65 Å². The summed E-state index contributed by atoms with van der Waals surface area (Å²) < 4.78 is 0. The average Bonchev–Trinajstić information content (AvgIpc) is 2.94. The Kier molecular flexibility index (Phi) is 2.78. The number of nitrogens with one attached hydrogen (secondary N) is 1. The second-order valence-electron chi connectivity index (χ2n) is 4.47. The Morgan fingerprint density at radius 1 is 1.26 bits per heavy atom. The zero-order valence-electron chi connectivity index (χ0n) is 9.75. The van der Waals surface area contributed by atoms with Gasteiger partial charge in [-0.15, -0.1) is 10.2 Å². The van der Waals surface area contributed by atoms with Gasteiger partial charge in [0.15, 0.2) is 11.3 Å². The van der Waals surface area contributed by atoms with Gasteiger partial charge in [0.1, 0.15) is 18.5 Å². The summed E-state index contributed by atoms with van der Waals surface area (Å²) in [5, 5.41) is 36.8. The smallest absolute Gasteiger partial charge is 0.207 e. The number of anilines is 1. The van der Waals surface area contributed by atoms with Crippen LogP contribution in [0.3, 0.4) is 0 Å². The van der Waals surface area contributed by atoms with Crippen molar-refractivity contribution >= 4 is 17.0 Å². The van der Waals surface area contributed by atoms with Crippen molar-refractivity contribution in [2.45, 2.75) is 30.7 Å². The van der Waals surface area contributed by atoms with Crippen LogP contribution >= 0.6 is 0 Å². The molecule has 1 aliphatic carbocycles. The largest absolute Gasteiger partial charge is 0.389 e. The van der Waals surface area contributed by atoms with E-state index in [0.29, 0.717) is 11.2 Å². The van der Waals surface area contributed by atoms with Gasteiger partial charge in [0, 0.05) is 0 Å². The van der Waals surface area contributed by atoms with Gasteiger partial charge in [-0.1, -0.05) is 0 Å². The molecule has 0 aliphatic heterocycles. The molecule has 0 saturated heterocycles. The highest BCUT2D eigenvalue weighted by molar-refractivity contribution is 5.79. The van der Waals surface area contributed by atoms with Crippen LogP contribution < -0.4 is 11.2 Å². The van der Waals surface area contributed by atoms with Crippen molar-refractivity contribution < 1.29 is 15.4 Å². The van der Waals surface area contributed by atoms with E-state index in [-0.39, 0.29) is 12.2 Å². The number of hydrogen-bond acceptors (Lipinski definition) is 9. The Hall–Kier alpha value is -1.88. The number of aliphatic hydroxyl groups excluding tert-OH is 2. The molecule has 0 bridgehead atoms. The third-order valence-electron chi connectivity index (χ3n) is 3.35. The highest BCUT2D eigenvalue weighted by Gasteiger charge is 2.43. The number of aliphatic hydroxyl groups is 2. The van der Waals surface area contributed by atoms with Crippen molar-refractivity contribution in [1.29, 1.82) is 0 Å². The first-order valence-corrected chi connectivity index (χ1v) is 5.70. The number of rotatable bonds is 2. The molecular weight excluding hydrogens is 254 g/mol. The lowest BCUT2D eigenvalue weighted by atomic mass is 10.2. The zero-order chi connectivity index (χ0) is 13.6. The highest BCUT2D eigenvalue weighted by Crippen LogP contribution is 2.30. The van der Waals surface area contributed by atoms with Gasteiger partial charge in [-0.2, -0.15) is 10.3 Å². The van der Waals surface area contributed by atoms with E-state index in [1.165, 1.54) is 11.1 Å². The Morgan fingerprint density at radius 2 is 2.05 bits per heavy atom. The van der Waals surface area contributed by atoms with Gasteiger partial charge >= 0.3 is 0 Å². The molecule has 10 nitrogen and oxygen atoms in total. The predicted molar refractivity (Wildman–Crippen MR) is 61.9 cm³/mol. The van der Waals surface area contributed by atoms with Crippen LogP contribution in [0.4, 0.5) is 5.82 Å². The van der Waals surface area contributed by atoms with Crippen molar-refractivity contribution in [3.8, 4) is 0 Å². The Bertz CT molecular complexity index is 603. The van der Waals surface area contributed by atoms with E-state index in [1.807, 2.05) is 5.48 Å². The molecule has 10 heteroatoms. The standard InChI is InChI=1S/C9H13N7O3/c10-8-5-9(12-2-11-8)14-16(13-5)4-1-3(15-19)6(17)7(4)18/h2-4,6-7,15,17-19H,1H2,(H2,10,11,12,14)/t3-,4+,6+,7-/m0/s1. The van der Waals surface area contributed by atoms with Crippen molar-refractivity contribution in [2.75, 3.05) is 5.73 Å². The number of hydrogen-bond donors (Lipinski definition) is 5. The van der Waals surface area contributed by atoms with Gasteiger partial charge < -0.3 is 21.2 Å². The minimum Gasteiger partial charge on any atom is -0.389 e. The van der Waals surface area contributed by atoms with Crippen LogP contribution in [0, 0.1) is 0 Å². The summed E-state index contributed by atoms with van der Waals surface area (Å²) >= 11 is 0. The molecule has 1 aliphatic rings. The number of nitrogen functional groups attached to an aromatic ring is 1. The quantitative estimate of drug-likeness (QED) is 0.382. The number of fused-ring (bicyclic) bond motifs is 1. The minimum absolute atomic E-state index is 0.195. The molecule has 19 heavy (non-hydrogen) atoms. The van der Waals surface area contributed by atoms with E-state index < -0.39 is 24.3 Å². The maximum Gasteiger partial charge on any atom is 0.207 e. The fraction of sp³-hybridized carbons (Fsp3) is 0.556. The maximum absolute atomic E-state index is 9.94. The van der Waals surface area contributed by atoms with Crippen molar-refractivity contribution in [3.05, 3.63) is 6.33 Å². The summed E-state index contributed by atoms with van der Waals surface area (Å²) in [6, 6.07) is -1.22. The lowest BCUT2D eigenvalue weighted by Gasteiger charge is -2.15. The highest BCUT2D eigenvalue weighted by atomic mass is 16.5. The molecule has 2 aromatic rings. The van der Waals surface area contributed by atoms with Crippen LogP contribution in [0.1, 0.15) is 12.5 Å². The molecule has 0 radical (unpaired) electrons. The van der Waals surface area contributed by atoms with Gasteiger partial charge in [0.25, 0.3) is 0 Å². The van der Waals surface area contributed by atoms with E-state index >= 15 is 0 Å². The predicted octanol–water partition coefficient (Wildman–Crippen LogP) is -2.18. The maximum atomic E-state index is 9.94. The lowest BCUT2D eigenvalue weighted by molar-refractivity contribution is -0.0117.